The van der Waals surface area contributed by atoms with Gasteiger partial charge in [0.05, 0.1) is 21.4 Å². The van der Waals surface area contributed by atoms with Crippen LogP contribution < -0.4 is 5.46 Å². The van der Waals surface area contributed by atoms with E-state index in [4.69, 9.17) is 14.3 Å². The Bertz CT molecular complexity index is 1790. The summed E-state index contributed by atoms with van der Waals surface area (Å²) >= 11 is 1.77. The van der Waals surface area contributed by atoms with Gasteiger partial charge in [0.2, 0.25) is 0 Å². The maximum absolute atomic E-state index is 6.49. The lowest BCUT2D eigenvalue weighted by Gasteiger charge is -2.32. The second kappa shape index (κ2) is 7.63. The molecule has 3 nitrogen and oxygen atoms in total. The second-order valence-electron chi connectivity index (χ2n) is 10.7. The minimum absolute atomic E-state index is 0.389. The molecule has 176 valence electrons. The van der Waals surface area contributed by atoms with Gasteiger partial charge in [-0.3, -0.25) is 0 Å². The third-order valence-electron chi connectivity index (χ3n) is 7.92. The first kappa shape index (κ1) is 22.0. The molecule has 1 fully saturated rings. The van der Waals surface area contributed by atoms with Crippen LogP contribution in [0.25, 0.3) is 53.1 Å². The molecule has 0 radical (unpaired) electrons. The number of rotatable bonds is 2. The van der Waals surface area contributed by atoms with Crippen molar-refractivity contribution in [2.75, 3.05) is 0 Å². The predicted octanol–water partition coefficient (Wildman–Crippen LogP) is 7.72. The molecule has 2 heterocycles. The molecule has 0 N–H and O–H groups in total. The molecular formula is C31H26BNO2S. The van der Waals surface area contributed by atoms with Crippen LogP contribution in [0, 0.1) is 0 Å². The molecule has 5 aromatic carbocycles. The third-order valence-corrected chi connectivity index (χ3v) is 9.06. The minimum atomic E-state index is -0.413. The molecule has 1 aliphatic heterocycles. The standard InChI is InChI=1S/C31H26BNO2S/c1-30(2)31(3,4)35-32(34-30)24-18-21-15-14-19-16-17-25-28(36-29(33-25)20-10-6-5-7-11-20)27(19)26(21)23-13-9-8-12-22(23)24/h5-18H,1-4H3. The van der Waals surface area contributed by atoms with Gasteiger partial charge in [-0.05, 0) is 66.2 Å². The molecule has 1 saturated heterocycles. The topological polar surface area (TPSA) is 31.4 Å². The highest BCUT2D eigenvalue weighted by molar-refractivity contribution is 7.22. The van der Waals surface area contributed by atoms with E-state index in [1.165, 1.54) is 37.0 Å². The summed E-state index contributed by atoms with van der Waals surface area (Å²) in [4.78, 5) is 5.01. The van der Waals surface area contributed by atoms with E-state index in [9.17, 15) is 0 Å². The minimum Gasteiger partial charge on any atom is -0.399 e. The van der Waals surface area contributed by atoms with Crippen molar-refractivity contribution in [3.8, 4) is 10.6 Å². The Labute approximate surface area is 214 Å². The second-order valence-corrected chi connectivity index (χ2v) is 11.7. The average molecular weight is 487 g/mol. The highest BCUT2D eigenvalue weighted by atomic mass is 32.1. The van der Waals surface area contributed by atoms with Crippen LogP contribution in [0.1, 0.15) is 27.7 Å². The first-order valence-electron chi connectivity index (χ1n) is 12.4. The Morgan fingerprint density at radius 1 is 0.694 bits per heavy atom. The van der Waals surface area contributed by atoms with Crippen LogP contribution in [-0.2, 0) is 9.31 Å². The summed E-state index contributed by atoms with van der Waals surface area (Å²) in [5, 5.41) is 8.37. The van der Waals surface area contributed by atoms with Crippen molar-refractivity contribution in [3.05, 3.63) is 84.9 Å². The zero-order valence-electron chi connectivity index (χ0n) is 20.8. The molecule has 0 saturated carbocycles. The molecule has 36 heavy (non-hydrogen) atoms. The highest BCUT2D eigenvalue weighted by Crippen LogP contribution is 2.42. The number of hydrogen-bond donors (Lipinski definition) is 0. The van der Waals surface area contributed by atoms with Crippen molar-refractivity contribution >= 4 is 66.5 Å². The summed E-state index contributed by atoms with van der Waals surface area (Å²) in [6, 6.07) is 30.1. The van der Waals surface area contributed by atoms with Gasteiger partial charge in [-0.2, -0.15) is 0 Å². The van der Waals surface area contributed by atoms with E-state index in [-0.39, 0.29) is 11.2 Å². The monoisotopic (exact) mass is 487 g/mol. The molecular weight excluding hydrogens is 461 g/mol. The van der Waals surface area contributed by atoms with E-state index in [0.717, 1.165) is 21.6 Å². The van der Waals surface area contributed by atoms with Crippen LogP contribution in [0.5, 0.6) is 0 Å². The van der Waals surface area contributed by atoms with Crippen molar-refractivity contribution < 1.29 is 9.31 Å². The summed E-state index contributed by atoms with van der Waals surface area (Å²) in [6.07, 6.45) is 0. The van der Waals surface area contributed by atoms with Crippen LogP contribution in [0.4, 0.5) is 0 Å². The molecule has 0 bridgehead atoms. The van der Waals surface area contributed by atoms with E-state index in [0.29, 0.717) is 0 Å². The fraction of sp³-hybridized carbons (Fsp3) is 0.194. The predicted molar refractivity (Wildman–Crippen MR) is 153 cm³/mol. The summed E-state index contributed by atoms with van der Waals surface area (Å²) in [5.74, 6) is 0. The number of hydrogen-bond acceptors (Lipinski definition) is 4. The van der Waals surface area contributed by atoms with E-state index in [1.54, 1.807) is 11.3 Å². The molecule has 0 aliphatic carbocycles. The van der Waals surface area contributed by atoms with Gasteiger partial charge >= 0.3 is 7.12 Å². The van der Waals surface area contributed by atoms with Crippen molar-refractivity contribution in [3.63, 3.8) is 0 Å². The van der Waals surface area contributed by atoms with Gasteiger partial charge in [0.25, 0.3) is 0 Å². The maximum Gasteiger partial charge on any atom is 0.495 e. The lowest BCUT2D eigenvalue weighted by atomic mass is 9.74. The van der Waals surface area contributed by atoms with E-state index < -0.39 is 7.12 Å². The fourth-order valence-electron chi connectivity index (χ4n) is 5.29. The van der Waals surface area contributed by atoms with Gasteiger partial charge in [0.1, 0.15) is 5.01 Å². The molecule has 6 aromatic rings. The molecule has 0 spiro atoms. The molecule has 5 heteroatoms. The quantitative estimate of drug-likeness (QED) is 0.185. The molecule has 0 unspecified atom stereocenters. The maximum atomic E-state index is 6.49. The summed E-state index contributed by atoms with van der Waals surface area (Å²) in [5.41, 5.74) is 2.50. The summed E-state index contributed by atoms with van der Waals surface area (Å²) in [7, 11) is -0.413. The van der Waals surface area contributed by atoms with Crippen LogP contribution in [0.15, 0.2) is 84.9 Å². The van der Waals surface area contributed by atoms with Crippen LogP contribution >= 0.6 is 11.3 Å². The number of aromatic nitrogens is 1. The summed E-state index contributed by atoms with van der Waals surface area (Å²) in [6.45, 7) is 8.42. The van der Waals surface area contributed by atoms with Gasteiger partial charge in [-0.1, -0.05) is 78.9 Å². The lowest BCUT2D eigenvalue weighted by molar-refractivity contribution is 0.00578. The Morgan fingerprint density at radius 2 is 1.33 bits per heavy atom. The van der Waals surface area contributed by atoms with Crippen LogP contribution in [-0.4, -0.2) is 23.3 Å². The van der Waals surface area contributed by atoms with Crippen molar-refractivity contribution in [1.82, 2.24) is 4.98 Å². The SMILES string of the molecule is CC1(C)OB(c2cc3ccc4ccc5nc(-c6ccccc6)sc5c4c3c3ccccc23)OC1(C)C. The van der Waals surface area contributed by atoms with Crippen LogP contribution in [0.2, 0.25) is 0 Å². The van der Waals surface area contributed by atoms with Gasteiger partial charge in [0, 0.05) is 10.9 Å². The number of thiazole rings is 1. The smallest absolute Gasteiger partial charge is 0.399 e. The zero-order chi connectivity index (χ0) is 24.7. The van der Waals surface area contributed by atoms with Crippen molar-refractivity contribution in [1.29, 1.82) is 0 Å². The lowest BCUT2D eigenvalue weighted by Crippen LogP contribution is -2.41. The van der Waals surface area contributed by atoms with Crippen LogP contribution in [0.3, 0.4) is 0 Å². The average Bonchev–Trinajstić information content (AvgIpc) is 3.41. The molecule has 7 rings (SSSR count). The van der Waals surface area contributed by atoms with E-state index in [1.807, 2.05) is 6.07 Å². The third kappa shape index (κ3) is 3.16. The first-order chi connectivity index (χ1) is 17.3. The van der Waals surface area contributed by atoms with Gasteiger partial charge < -0.3 is 9.31 Å². The summed E-state index contributed by atoms with van der Waals surface area (Å²) < 4.78 is 14.2. The first-order valence-corrected chi connectivity index (χ1v) is 13.2. The largest absolute Gasteiger partial charge is 0.495 e. The fourth-order valence-corrected chi connectivity index (χ4v) is 6.42. The van der Waals surface area contributed by atoms with Gasteiger partial charge in [-0.25, -0.2) is 4.98 Å². The molecule has 1 aromatic heterocycles. The number of fused-ring (bicyclic) bond motifs is 7. The molecule has 0 amide bonds. The Hall–Kier alpha value is -3.25. The van der Waals surface area contributed by atoms with E-state index in [2.05, 4.69) is 107 Å². The highest BCUT2D eigenvalue weighted by Gasteiger charge is 2.52. The Balaban J connectivity index is 1.54. The van der Waals surface area contributed by atoms with Gasteiger partial charge in [0.15, 0.2) is 0 Å². The molecule has 0 atom stereocenters. The van der Waals surface area contributed by atoms with Crippen molar-refractivity contribution in [2.24, 2.45) is 0 Å². The van der Waals surface area contributed by atoms with Crippen molar-refractivity contribution in [2.45, 2.75) is 38.9 Å². The Morgan fingerprint density at radius 3 is 2.08 bits per heavy atom. The van der Waals surface area contributed by atoms with E-state index >= 15 is 0 Å². The zero-order valence-corrected chi connectivity index (χ0v) is 21.6. The number of benzene rings is 5. The van der Waals surface area contributed by atoms with Gasteiger partial charge in [-0.15, -0.1) is 11.3 Å². The Kier molecular flexibility index (Phi) is 4.66. The number of nitrogens with zero attached hydrogens (tertiary/aromatic N) is 1. The normalized spacial score (nSPS) is 17.1. The molecule has 1 aliphatic rings.